The molecule has 88 valence electrons. The van der Waals surface area contributed by atoms with E-state index in [0.29, 0.717) is 16.4 Å². The van der Waals surface area contributed by atoms with Gasteiger partial charge in [-0.2, -0.15) is 0 Å². The van der Waals surface area contributed by atoms with Gasteiger partial charge in [-0.25, -0.2) is 0 Å². The molecular formula is C11H8Cl2N2O2. The number of hydrogen-bond acceptors (Lipinski definition) is 2. The van der Waals surface area contributed by atoms with Gasteiger partial charge < -0.3 is 15.4 Å². The number of H-pyrrole nitrogens is 1. The molecule has 17 heavy (non-hydrogen) atoms. The van der Waals surface area contributed by atoms with Crippen molar-refractivity contribution in [2.75, 3.05) is 5.32 Å². The lowest BCUT2D eigenvalue weighted by molar-refractivity contribution is 0.102. The number of nitrogens with one attached hydrogen (secondary N) is 2. The number of aromatic amines is 1. The van der Waals surface area contributed by atoms with Crippen molar-refractivity contribution in [2.24, 2.45) is 0 Å². The van der Waals surface area contributed by atoms with E-state index in [1.165, 1.54) is 30.5 Å². The van der Waals surface area contributed by atoms with Gasteiger partial charge in [0.2, 0.25) is 0 Å². The Hall–Kier alpha value is -1.65. The fraction of sp³-hybridized carbons (Fsp3) is 0. The summed E-state index contributed by atoms with van der Waals surface area (Å²) in [7, 11) is 0. The Morgan fingerprint density at radius 2 is 2.06 bits per heavy atom. The number of amides is 1. The Morgan fingerprint density at radius 3 is 2.65 bits per heavy atom. The zero-order valence-corrected chi connectivity index (χ0v) is 10.0. The van der Waals surface area contributed by atoms with Crippen LogP contribution in [0.1, 0.15) is 10.5 Å². The van der Waals surface area contributed by atoms with Crippen LogP contribution in [0.5, 0.6) is 5.75 Å². The molecule has 4 nitrogen and oxygen atoms in total. The topological polar surface area (TPSA) is 65.1 Å². The molecule has 1 heterocycles. The molecule has 1 amide bonds. The minimum absolute atomic E-state index is 0.0379. The molecule has 0 spiro atoms. The molecule has 0 aliphatic carbocycles. The van der Waals surface area contributed by atoms with Gasteiger partial charge in [0.1, 0.15) is 11.4 Å². The molecule has 0 saturated carbocycles. The molecule has 3 N–H and O–H groups in total. The maximum Gasteiger partial charge on any atom is 0.272 e. The van der Waals surface area contributed by atoms with Crippen LogP contribution in [0.2, 0.25) is 10.0 Å². The van der Waals surface area contributed by atoms with E-state index in [1.807, 2.05) is 0 Å². The van der Waals surface area contributed by atoms with Gasteiger partial charge in [0.15, 0.2) is 0 Å². The molecule has 0 aliphatic rings. The molecule has 6 heteroatoms. The van der Waals surface area contributed by atoms with E-state index in [-0.39, 0.29) is 16.7 Å². The van der Waals surface area contributed by atoms with Gasteiger partial charge in [0, 0.05) is 12.3 Å². The number of halogens is 2. The lowest BCUT2D eigenvalue weighted by Gasteiger charge is -2.06. The van der Waals surface area contributed by atoms with Gasteiger partial charge in [0.25, 0.3) is 5.91 Å². The van der Waals surface area contributed by atoms with Gasteiger partial charge in [-0.1, -0.05) is 23.2 Å². The summed E-state index contributed by atoms with van der Waals surface area (Å²) in [4.78, 5) is 14.5. The Balaban J connectivity index is 2.18. The first-order valence-electron chi connectivity index (χ1n) is 4.70. The maximum absolute atomic E-state index is 11.7. The van der Waals surface area contributed by atoms with Crippen molar-refractivity contribution in [3.05, 3.63) is 46.2 Å². The summed E-state index contributed by atoms with van der Waals surface area (Å²) in [5.74, 6) is -0.319. The quantitative estimate of drug-likeness (QED) is 0.734. The highest BCUT2D eigenvalue weighted by Crippen LogP contribution is 2.26. The number of phenols is 1. The van der Waals surface area contributed by atoms with E-state index in [2.05, 4.69) is 10.3 Å². The van der Waals surface area contributed by atoms with Crippen molar-refractivity contribution in [1.29, 1.82) is 0 Å². The van der Waals surface area contributed by atoms with Crippen molar-refractivity contribution < 1.29 is 9.90 Å². The number of aromatic nitrogens is 1. The number of hydrogen-bond donors (Lipinski definition) is 3. The van der Waals surface area contributed by atoms with Crippen molar-refractivity contribution in [1.82, 2.24) is 4.98 Å². The smallest absolute Gasteiger partial charge is 0.272 e. The molecule has 0 saturated heterocycles. The molecule has 0 fully saturated rings. The third-order valence-corrected chi connectivity index (χ3v) is 2.62. The first kappa shape index (κ1) is 11.8. The van der Waals surface area contributed by atoms with Crippen LogP contribution in [-0.4, -0.2) is 16.0 Å². The third kappa shape index (κ3) is 2.72. The number of aromatic hydroxyl groups is 1. The van der Waals surface area contributed by atoms with Gasteiger partial charge in [0.05, 0.1) is 15.7 Å². The minimum atomic E-state index is -0.357. The minimum Gasteiger partial charge on any atom is -0.508 e. The third-order valence-electron chi connectivity index (χ3n) is 2.09. The normalized spacial score (nSPS) is 10.2. The fourth-order valence-electron chi connectivity index (χ4n) is 1.29. The Morgan fingerprint density at radius 1 is 1.29 bits per heavy atom. The van der Waals surface area contributed by atoms with Crippen LogP contribution < -0.4 is 5.32 Å². The Kier molecular flexibility index (Phi) is 3.26. The molecule has 0 unspecified atom stereocenters. The summed E-state index contributed by atoms with van der Waals surface area (Å²) in [6, 6.07) is 5.80. The molecule has 1 aromatic heterocycles. The van der Waals surface area contributed by atoms with Gasteiger partial charge in [-0.3, -0.25) is 4.79 Å². The molecule has 0 aliphatic heterocycles. The number of carbonyl (C=O) groups excluding carboxylic acids is 1. The second-order valence-corrected chi connectivity index (χ2v) is 4.19. The zero-order chi connectivity index (χ0) is 12.4. The highest BCUT2D eigenvalue weighted by molar-refractivity contribution is 6.34. The van der Waals surface area contributed by atoms with Gasteiger partial charge in [-0.15, -0.1) is 0 Å². The summed E-state index contributed by atoms with van der Waals surface area (Å²) in [6.45, 7) is 0. The SMILES string of the molecule is O=C(Nc1ccc(O)cc1Cl)c1cc(Cl)c[nH]1. The standard InChI is InChI=1S/C11H8Cl2N2O2/c12-6-3-10(14-5-6)11(17)15-9-2-1-7(16)4-8(9)13/h1-5,14,16H,(H,15,17). The summed E-state index contributed by atoms with van der Waals surface area (Å²) in [6.07, 6.45) is 1.51. The number of anilines is 1. The van der Waals surface area contributed by atoms with Crippen molar-refractivity contribution in [3.63, 3.8) is 0 Å². The monoisotopic (exact) mass is 270 g/mol. The molecule has 0 radical (unpaired) electrons. The van der Waals surface area contributed by atoms with Crippen molar-refractivity contribution in [2.45, 2.75) is 0 Å². The molecule has 1 aromatic carbocycles. The van der Waals surface area contributed by atoms with E-state index < -0.39 is 0 Å². The van der Waals surface area contributed by atoms with Crippen LogP contribution in [0.15, 0.2) is 30.5 Å². The molecular weight excluding hydrogens is 263 g/mol. The lowest BCUT2D eigenvalue weighted by Crippen LogP contribution is -2.12. The fourth-order valence-corrected chi connectivity index (χ4v) is 1.68. The molecule has 0 atom stereocenters. The van der Waals surface area contributed by atoms with Crippen molar-refractivity contribution >= 4 is 34.8 Å². The van der Waals surface area contributed by atoms with E-state index in [1.54, 1.807) is 0 Å². The summed E-state index contributed by atoms with van der Waals surface area (Å²) < 4.78 is 0. The second-order valence-electron chi connectivity index (χ2n) is 3.35. The van der Waals surface area contributed by atoms with Gasteiger partial charge >= 0.3 is 0 Å². The van der Waals surface area contributed by atoms with Crippen LogP contribution >= 0.6 is 23.2 Å². The zero-order valence-electron chi connectivity index (χ0n) is 8.50. The summed E-state index contributed by atoms with van der Waals surface area (Å²) >= 11 is 11.5. The average Bonchev–Trinajstić information content (AvgIpc) is 2.69. The average molecular weight is 271 g/mol. The number of benzene rings is 1. The largest absolute Gasteiger partial charge is 0.508 e. The van der Waals surface area contributed by atoms with E-state index >= 15 is 0 Å². The number of phenolic OH excluding ortho intramolecular Hbond substituents is 1. The number of carbonyl (C=O) groups is 1. The van der Waals surface area contributed by atoms with Crippen LogP contribution in [0.4, 0.5) is 5.69 Å². The maximum atomic E-state index is 11.7. The highest BCUT2D eigenvalue weighted by atomic mass is 35.5. The van der Waals surface area contributed by atoms with Crippen molar-refractivity contribution in [3.8, 4) is 5.75 Å². The molecule has 2 rings (SSSR count). The van der Waals surface area contributed by atoms with Crippen LogP contribution in [-0.2, 0) is 0 Å². The second kappa shape index (κ2) is 4.69. The summed E-state index contributed by atoms with van der Waals surface area (Å²) in [5, 5.41) is 12.5. The van der Waals surface area contributed by atoms with Crippen LogP contribution in [0.3, 0.4) is 0 Å². The Bertz CT molecular complexity index is 566. The van der Waals surface area contributed by atoms with Crippen LogP contribution in [0, 0.1) is 0 Å². The van der Waals surface area contributed by atoms with E-state index in [9.17, 15) is 9.90 Å². The van der Waals surface area contributed by atoms with Gasteiger partial charge in [-0.05, 0) is 18.2 Å². The van der Waals surface area contributed by atoms with E-state index in [4.69, 9.17) is 23.2 Å². The first-order chi connectivity index (χ1) is 8.06. The molecule has 2 aromatic rings. The van der Waals surface area contributed by atoms with Crippen LogP contribution in [0.25, 0.3) is 0 Å². The van der Waals surface area contributed by atoms with E-state index in [0.717, 1.165) is 0 Å². The predicted molar refractivity (Wildman–Crippen MR) is 66.9 cm³/mol. The summed E-state index contributed by atoms with van der Waals surface area (Å²) in [5.41, 5.74) is 0.749. The predicted octanol–water partition coefficient (Wildman–Crippen LogP) is 3.28. The Labute approximate surface area is 107 Å². The first-order valence-corrected chi connectivity index (χ1v) is 5.45. The lowest BCUT2D eigenvalue weighted by atomic mass is 10.3. The number of rotatable bonds is 2. The molecule has 0 bridgehead atoms. The highest BCUT2D eigenvalue weighted by Gasteiger charge is 2.10.